The van der Waals surface area contributed by atoms with Gasteiger partial charge in [-0.1, -0.05) is 18.2 Å². The van der Waals surface area contributed by atoms with Crippen LogP contribution < -0.4 is 27.7 Å². The highest BCUT2D eigenvalue weighted by molar-refractivity contribution is 5.74. The predicted octanol–water partition coefficient (Wildman–Crippen LogP) is 1.67. The van der Waals surface area contributed by atoms with Gasteiger partial charge in [-0.3, -0.25) is 10.1 Å². The molecule has 0 radical (unpaired) electrons. The maximum atomic E-state index is 14.6. The number of hydrogen-bond donors (Lipinski definition) is 4. The molecule has 9 nitrogen and oxygen atoms in total. The van der Waals surface area contributed by atoms with Crippen LogP contribution in [0, 0.1) is 17.1 Å². The molecule has 1 aromatic heterocycles. The van der Waals surface area contributed by atoms with Gasteiger partial charge in [0.05, 0.1) is 29.1 Å². The number of piperazine rings is 1. The van der Waals surface area contributed by atoms with E-state index in [4.69, 9.17) is 16.7 Å². The molecule has 2 atom stereocenters. The van der Waals surface area contributed by atoms with Crippen molar-refractivity contribution in [1.29, 1.82) is 5.26 Å². The Balaban J connectivity index is 1.99. The molecule has 0 saturated carbocycles. The van der Waals surface area contributed by atoms with Crippen molar-refractivity contribution in [3.63, 3.8) is 0 Å². The van der Waals surface area contributed by atoms with Crippen molar-refractivity contribution in [3.8, 4) is 6.07 Å². The van der Waals surface area contributed by atoms with Gasteiger partial charge in [-0.2, -0.15) is 10.4 Å². The van der Waals surface area contributed by atoms with E-state index in [0.29, 0.717) is 19.6 Å². The van der Waals surface area contributed by atoms with Crippen LogP contribution in [0.25, 0.3) is 6.08 Å². The Labute approximate surface area is 188 Å². The Morgan fingerprint density at radius 1 is 1.42 bits per heavy atom. The highest BCUT2D eigenvalue weighted by Crippen LogP contribution is 2.30. The first-order chi connectivity index (χ1) is 15.6. The molecule has 2 aromatic rings. The molecule has 1 unspecified atom stereocenters. The molecule has 6 N–H and O–H groups in total. The molecule has 3 rings (SSSR count). The van der Waals surface area contributed by atoms with Crippen LogP contribution in [-0.2, 0) is 7.05 Å². The second-order valence-electron chi connectivity index (χ2n) is 7.67. The van der Waals surface area contributed by atoms with Crippen molar-refractivity contribution < 1.29 is 13.2 Å². The van der Waals surface area contributed by atoms with Crippen LogP contribution >= 0.6 is 0 Å². The third kappa shape index (κ3) is 5.04. The summed E-state index contributed by atoms with van der Waals surface area (Å²) in [4.78, 5) is 14.2. The van der Waals surface area contributed by atoms with Crippen molar-refractivity contribution in [1.82, 2.24) is 20.0 Å². The summed E-state index contributed by atoms with van der Waals surface area (Å²) in [6.07, 6.45) is -1.50. The number of nitrogens with two attached hydrogens (primary N) is 2. The molecule has 0 amide bonds. The van der Waals surface area contributed by atoms with Crippen LogP contribution in [0.2, 0.25) is 0 Å². The predicted molar refractivity (Wildman–Crippen MR) is 118 cm³/mol. The maximum Gasteiger partial charge on any atom is 0.290 e. The number of rotatable bonds is 6. The zero-order valence-corrected chi connectivity index (χ0v) is 18.1. The van der Waals surface area contributed by atoms with Crippen molar-refractivity contribution in [2.24, 2.45) is 12.8 Å². The van der Waals surface area contributed by atoms with Gasteiger partial charge in [-0.05, 0) is 13.0 Å². The van der Waals surface area contributed by atoms with Gasteiger partial charge in [0.2, 0.25) is 0 Å². The monoisotopic (exact) mass is 462 g/mol. The third-order valence-electron chi connectivity index (χ3n) is 5.42. The van der Waals surface area contributed by atoms with Gasteiger partial charge in [0, 0.05) is 32.2 Å². The Hall–Kier alpha value is -3.72. The second-order valence-corrected chi connectivity index (χ2v) is 7.67. The fraction of sp³-hybridized carbons (Fsp3) is 0.381. The summed E-state index contributed by atoms with van der Waals surface area (Å²) in [7, 11) is 1.40. The van der Waals surface area contributed by atoms with Gasteiger partial charge < -0.3 is 21.7 Å². The summed E-state index contributed by atoms with van der Waals surface area (Å²) in [6.45, 7) is 2.98. The number of nitriles is 1. The van der Waals surface area contributed by atoms with Gasteiger partial charge in [0.1, 0.15) is 17.5 Å². The van der Waals surface area contributed by atoms with Crippen LogP contribution in [0.15, 0.2) is 28.8 Å². The molecule has 12 heteroatoms. The van der Waals surface area contributed by atoms with Crippen LogP contribution in [0.5, 0.6) is 0 Å². The first kappa shape index (κ1) is 23.9. The van der Waals surface area contributed by atoms with E-state index in [1.54, 1.807) is 11.8 Å². The molecule has 33 heavy (non-hydrogen) atoms. The van der Waals surface area contributed by atoms with E-state index < -0.39 is 35.4 Å². The van der Waals surface area contributed by atoms with Gasteiger partial charge in [-0.15, -0.1) is 0 Å². The summed E-state index contributed by atoms with van der Waals surface area (Å²) in [5.41, 5.74) is 11.1. The smallest absolute Gasteiger partial charge is 0.290 e. The highest BCUT2D eigenvalue weighted by Gasteiger charge is 2.23. The number of halogens is 3. The first-order valence-electron chi connectivity index (χ1n) is 10.2. The van der Waals surface area contributed by atoms with E-state index >= 15 is 0 Å². The second kappa shape index (κ2) is 9.83. The molecule has 0 spiro atoms. The Morgan fingerprint density at radius 3 is 2.79 bits per heavy atom. The number of anilines is 2. The van der Waals surface area contributed by atoms with Gasteiger partial charge >= 0.3 is 0 Å². The standard InChI is InChI=1S/C21H25F3N8O/c1-11(13-4-3-5-14(17(13)22)19(23)24)29-20-15(18(27)21(33)31(2)30-20)8-16(26)32-7-6-28-12(9-25)10-32/h3-5,8,11-12,19,28H,6-7,10,26-27H2,1-2H3,(H,29,30)/b16-8+/t11-,12?/m1/s1. The minimum absolute atomic E-state index is 0.00360. The molecule has 2 heterocycles. The SMILES string of the molecule is C[C@@H](Nc1nn(C)c(=O)c(N)c1/C=C(\N)N1CCNC(C#N)C1)c1cccc(C(F)F)c1F. The molecular weight excluding hydrogens is 437 g/mol. The minimum atomic E-state index is -2.96. The van der Waals surface area contributed by atoms with Gasteiger partial charge in [-0.25, -0.2) is 17.9 Å². The van der Waals surface area contributed by atoms with Crippen molar-refractivity contribution >= 4 is 17.6 Å². The number of alkyl halides is 2. The zero-order chi connectivity index (χ0) is 24.3. The molecule has 0 bridgehead atoms. The van der Waals surface area contributed by atoms with E-state index in [1.807, 2.05) is 0 Å². The van der Waals surface area contributed by atoms with Crippen LogP contribution in [0.1, 0.15) is 36.1 Å². The quantitative estimate of drug-likeness (QED) is 0.509. The fourth-order valence-corrected chi connectivity index (χ4v) is 3.58. The fourth-order valence-electron chi connectivity index (χ4n) is 3.58. The topological polar surface area (TPSA) is 138 Å². The Kier molecular flexibility index (Phi) is 7.13. The lowest BCUT2D eigenvalue weighted by atomic mass is 10.0. The summed E-state index contributed by atoms with van der Waals surface area (Å²) in [5.74, 6) is -0.635. The van der Waals surface area contributed by atoms with Crippen LogP contribution in [-0.4, -0.2) is 40.4 Å². The highest BCUT2D eigenvalue weighted by atomic mass is 19.3. The summed E-state index contributed by atoms with van der Waals surface area (Å²) in [5, 5.41) is 19.3. The summed E-state index contributed by atoms with van der Waals surface area (Å²) in [6, 6.07) is 4.68. The minimum Gasteiger partial charge on any atom is -0.394 e. The molecule has 1 saturated heterocycles. The lowest BCUT2D eigenvalue weighted by Gasteiger charge is -2.32. The summed E-state index contributed by atoms with van der Waals surface area (Å²) < 4.78 is 41.9. The van der Waals surface area contributed by atoms with E-state index in [-0.39, 0.29) is 28.5 Å². The summed E-state index contributed by atoms with van der Waals surface area (Å²) >= 11 is 0. The third-order valence-corrected chi connectivity index (χ3v) is 5.42. The van der Waals surface area contributed by atoms with E-state index in [0.717, 1.165) is 10.7 Å². The average Bonchev–Trinajstić information content (AvgIpc) is 2.79. The largest absolute Gasteiger partial charge is 0.394 e. The zero-order valence-electron chi connectivity index (χ0n) is 18.1. The lowest BCUT2D eigenvalue weighted by molar-refractivity contribution is 0.146. The van der Waals surface area contributed by atoms with E-state index in [9.17, 15) is 18.0 Å². The molecule has 1 aliphatic heterocycles. The number of aryl methyl sites for hydroxylation is 1. The van der Waals surface area contributed by atoms with Crippen molar-refractivity contribution in [2.45, 2.75) is 25.4 Å². The van der Waals surface area contributed by atoms with Gasteiger partial charge in [0.25, 0.3) is 12.0 Å². The average molecular weight is 462 g/mol. The van der Waals surface area contributed by atoms with Crippen molar-refractivity contribution in [2.75, 3.05) is 30.7 Å². The molecule has 176 valence electrons. The number of benzene rings is 1. The van der Waals surface area contributed by atoms with Crippen LogP contribution in [0.3, 0.4) is 0 Å². The number of nitrogen functional groups attached to an aromatic ring is 1. The van der Waals surface area contributed by atoms with E-state index in [2.05, 4.69) is 21.8 Å². The molecule has 1 fully saturated rings. The molecule has 0 aliphatic carbocycles. The number of nitrogens with zero attached hydrogens (tertiary/aromatic N) is 4. The van der Waals surface area contributed by atoms with Gasteiger partial charge in [0.15, 0.2) is 5.82 Å². The van der Waals surface area contributed by atoms with Crippen molar-refractivity contribution in [3.05, 3.63) is 56.9 Å². The van der Waals surface area contributed by atoms with E-state index in [1.165, 1.54) is 25.3 Å². The lowest BCUT2D eigenvalue weighted by Crippen LogP contribution is -2.50. The normalized spacial score (nSPS) is 17.7. The Morgan fingerprint density at radius 2 is 2.12 bits per heavy atom. The molecule has 1 aliphatic rings. The number of hydrogen-bond acceptors (Lipinski definition) is 8. The molecular formula is C21H25F3N8O. The first-order valence-corrected chi connectivity index (χ1v) is 10.2. The Bertz CT molecular complexity index is 1160. The number of aromatic nitrogens is 2. The number of nitrogens with one attached hydrogen (secondary N) is 2. The van der Waals surface area contributed by atoms with Crippen LogP contribution in [0.4, 0.5) is 24.7 Å². The molecule has 1 aromatic carbocycles. The maximum absolute atomic E-state index is 14.6.